The molecule has 1 N–H and O–H groups in total. The summed E-state index contributed by atoms with van der Waals surface area (Å²) in [5.74, 6) is -4.42. The van der Waals surface area contributed by atoms with E-state index in [1.807, 2.05) is 37.3 Å². The number of aryl methyl sites for hydroxylation is 1. The van der Waals surface area contributed by atoms with E-state index in [9.17, 15) is 18.5 Å². The van der Waals surface area contributed by atoms with Crippen molar-refractivity contribution < 1.29 is 36.6 Å². The predicted octanol–water partition coefficient (Wildman–Crippen LogP) is 4.31. The van der Waals surface area contributed by atoms with Crippen molar-refractivity contribution in [1.29, 1.82) is 5.26 Å². The molecule has 6 heterocycles. The molecule has 56 heavy (non-hydrogen) atoms. The zero-order valence-electron chi connectivity index (χ0n) is 30.5. The number of nitriles is 1. The highest BCUT2D eigenvalue weighted by atomic mass is 32.2. The number of aliphatic hydroxyl groups is 1. The number of carbonyl (C=O) groups is 1. The van der Waals surface area contributed by atoms with Gasteiger partial charge >= 0.3 is 5.92 Å². The minimum Gasteiger partial charge on any atom is -0.481 e. The SMILES string of the molecule is Cc1ccc(S(=O)(=O)n2c(-c3ccc(N4CCN(C5COC5)CC4)cc3)cc3c(-c4cc(C#N)c(OC5CCN(C(=O)CO)CC5(F)F)cn4)ccnc32)cc1. The maximum atomic E-state index is 15.1. The number of piperazine rings is 1. The first-order valence-corrected chi connectivity index (χ1v) is 19.7. The van der Waals surface area contributed by atoms with Crippen molar-refractivity contribution in [2.75, 3.05) is 64.0 Å². The number of rotatable bonds is 9. The monoisotopic (exact) mass is 783 g/mol. The van der Waals surface area contributed by atoms with Crippen LogP contribution in [-0.4, -0.2) is 120 Å². The maximum Gasteiger partial charge on any atom is 0.301 e. The fourth-order valence-corrected chi connectivity index (χ4v) is 8.96. The van der Waals surface area contributed by atoms with Crippen molar-refractivity contribution >= 4 is 32.7 Å². The third-order valence-corrected chi connectivity index (χ3v) is 12.5. The van der Waals surface area contributed by atoms with Gasteiger partial charge in [-0.15, -0.1) is 0 Å². The lowest BCUT2D eigenvalue weighted by Gasteiger charge is -2.43. The van der Waals surface area contributed by atoms with Crippen LogP contribution in [0.2, 0.25) is 0 Å². The van der Waals surface area contributed by atoms with Gasteiger partial charge in [0.25, 0.3) is 10.0 Å². The standard InChI is InChI=1S/C40H39F2N7O6S/c1-26-2-8-31(9-3-26)56(52,53)49-35(27-4-6-29(7-5-27)46-14-16-47(17-15-46)30-23-54-24-30)19-33-32(10-12-44-39(33)49)34-18-28(20-43)36(21-45-34)55-37-11-13-48(38(51)22-50)25-40(37,41)42/h2-10,12,18-19,21,30,37,50H,11,13-17,22-25H2,1H3. The Morgan fingerprint density at radius 3 is 2.39 bits per heavy atom. The number of amides is 1. The average molecular weight is 784 g/mol. The molecule has 0 aliphatic carbocycles. The first-order valence-electron chi connectivity index (χ1n) is 18.3. The van der Waals surface area contributed by atoms with Crippen molar-refractivity contribution in [3.05, 3.63) is 90.3 Å². The summed E-state index contributed by atoms with van der Waals surface area (Å²) in [6, 6.07) is 21.6. The molecule has 0 bridgehead atoms. The van der Waals surface area contributed by atoms with Crippen LogP contribution in [-0.2, 0) is 19.6 Å². The summed E-state index contributed by atoms with van der Waals surface area (Å²) in [4.78, 5) is 26.6. The fraction of sp³-hybridized carbons (Fsp3) is 0.350. The first-order chi connectivity index (χ1) is 27.0. The second-order valence-corrected chi connectivity index (χ2v) is 16.1. The van der Waals surface area contributed by atoms with Crippen molar-refractivity contribution in [3.63, 3.8) is 0 Å². The number of aliphatic hydroxyl groups excluding tert-OH is 1. The number of likely N-dealkylation sites (tertiary alicyclic amines) is 1. The van der Waals surface area contributed by atoms with Gasteiger partial charge < -0.3 is 24.4 Å². The van der Waals surface area contributed by atoms with Crippen LogP contribution in [0.5, 0.6) is 5.75 Å². The Bertz CT molecular complexity index is 2420. The summed E-state index contributed by atoms with van der Waals surface area (Å²) in [5.41, 5.74) is 3.75. The number of aromatic nitrogens is 3. The number of halogens is 2. The van der Waals surface area contributed by atoms with Gasteiger partial charge in [-0.3, -0.25) is 14.7 Å². The lowest BCUT2D eigenvalue weighted by molar-refractivity contribution is -0.161. The van der Waals surface area contributed by atoms with Crippen LogP contribution in [0.15, 0.2) is 84.0 Å². The molecular formula is C40H39F2N7O6S. The number of hydrogen-bond acceptors (Lipinski definition) is 11. The van der Waals surface area contributed by atoms with Crippen LogP contribution in [0, 0.1) is 18.3 Å². The van der Waals surface area contributed by atoms with E-state index in [0.717, 1.165) is 55.5 Å². The molecule has 0 saturated carbocycles. The number of hydrogen-bond donors (Lipinski definition) is 1. The number of carbonyl (C=O) groups excluding carboxylic acids is 1. The molecular weight excluding hydrogens is 745 g/mol. The largest absolute Gasteiger partial charge is 0.481 e. The van der Waals surface area contributed by atoms with Crippen LogP contribution >= 0.6 is 0 Å². The number of pyridine rings is 2. The van der Waals surface area contributed by atoms with Gasteiger partial charge in [0.15, 0.2) is 17.5 Å². The van der Waals surface area contributed by atoms with Gasteiger partial charge in [0.2, 0.25) is 5.91 Å². The van der Waals surface area contributed by atoms with Gasteiger partial charge in [0, 0.05) is 62.0 Å². The number of piperidine rings is 1. The highest BCUT2D eigenvalue weighted by Gasteiger charge is 2.48. The predicted molar refractivity (Wildman–Crippen MR) is 203 cm³/mol. The van der Waals surface area contributed by atoms with Gasteiger partial charge in [-0.2, -0.15) is 5.26 Å². The van der Waals surface area contributed by atoms with E-state index in [0.29, 0.717) is 28.2 Å². The number of fused-ring (bicyclic) bond motifs is 1. The Balaban J connectivity index is 1.15. The third-order valence-electron chi connectivity index (χ3n) is 10.8. The summed E-state index contributed by atoms with van der Waals surface area (Å²) in [7, 11) is -4.19. The van der Waals surface area contributed by atoms with Crippen LogP contribution in [0.3, 0.4) is 0 Å². The zero-order chi connectivity index (χ0) is 39.2. The van der Waals surface area contributed by atoms with Gasteiger partial charge in [-0.05, 0) is 55.0 Å². The Kier molecular flexibility index (Phi) is 9.95. The molecule has 0 spiro atoms. The highest BCUT2D eigenvalue weighted by Crippen LogP contribution is 2.38. The Morgan fingerprint density at radius 1 is 1.02 bits per heavy atom. The van der Waals surface area contributed by atoms with Crippen LogP contribution < -0.4 is 9.64 Å². The van der Waals surface area contributed by atoms with E-state index in [4.69, 9.17) is 14.6 Å². The molecule has 1 atom stereocenters. The van der Waals surface area contributed by atoms with Gasteiger partial charge in [0.1, 0.15) is 12.7 Å². The lowest BCUT2D eigenvalue weighted by atomic mass is 10.0. The number of benzene rings is 2. The first kappa shape index (κ1) is 37.5. The Hall–Kier alpha value is -5.47. The van der Waals surface area contributed by atoms with E-state index in [-0.39, 0.29) is 40.5 Å². The molecule has 3 saturated heterocycles. The van der Waals surface area contributed by atoms with Crippen LogP contribution in [0.4, 0.5) is 14.5 Å². The second kappa shape index (κ2) is 14.9. The molecule has 8 rings (SSSR count). The van der Waals surface area contributed by atoms with E-state index in [1.54, 1.807) is 36.4 Å². The van der Waals surface area contributed by atoms with E-state index >= 15 is 8.78 Å². The number of anilines is 1. The van der Waals surface area contributed by atoms with Gasteiger partial charge in [-0.25, -0.2) is 26.2 Å². The van der Waals surface area contributed by atoms with Crippen molar-refractivity contribution in [1.82, 2.24) is 23.7 Å². The lowest BCUT2D eigenvalue weighted by Crippen LogP contribution is -2.56. The molecule has 290 valence electrons. The van der Waals surface area contributed by atoms with E-state index in [1.165, 1.54) is 22.4 Å². The Morgan fingerprint density at radius 2 is 1.75 bits per heavy atom. The molecule has 3 aromatic heterocycles. The number of alkyl halides is 2. The molecule has 1 unspecified atom stereocenters. The summed E-state index contributed by atoms with van der Waals surface area (Å²) < 4.78 is 71.4. The molecule has 0 radical (unpaired) electrons. The summed E-state index contributed by atoms with van der Waals surface area (Å²) in [5, 5.41) is 19.7. The third kappa shape index (κ3) is 6.96. The molecule has 13 nitrogen and oxygen atoms in total. The summed E-state index contributed by atoms with van der Waals surface area (Å²) >= 11 is 0. The number of nitrogens with zero attached hydrogens (tertiary/aromatic N) is 7. The number of ether oxygens (including phenoxy) is 2. The molecule has 3 fully saturated rings. The average Bonchev–Trinajstić information content (AvgIpc) is 3.59. The summed E-state index contributed by atoms with van der Waals surface area (Å²) in [6.07, 6.45) is 0.789. The minimum atomic E-state index is -4.19. The zero-order valence-corrected chi connectivity index (χ0v) is 31.3. The fourth-order valence-electron chi connectivity index (χ4n) is 7.48. The normalized spacial score (nSPS) is 19.1. The van der Waals surface area contributed by atoms with Crippen LogP contribution in [0.25, 0.3) is 33.5 Å². The molecule has 5 aromatic rings. The molecule has 2 aromatic carbocycles. The second-order valence-electron chi connectivity index (χ2n) is 14.3. The summed E-state index contributed by atoms with van der Waals surface area (Å²) in [6.45, 7) is 5.15. The maximum absolute atomic E-state index is 15.1. The van der Waals surface area contributed by atoms with Crippen molar-refractivity contribution in [2.24, 2.45) is 0 Å². The molecule has 1 amide bonds. The molecule has 3 aliphatic heterocycles. The van der Waals surface area contributed by atoms with Crippen LogP contribution in [0.1, 0.15) is 17.5 Å². The van der Waals surface area contributed by atoms with Gasteiger partial charge in [0.05, 0.1) is 53.8 Å². The topological polar surface area (TPSA) is 154 Å². The van der Waals surface area contributed by atoms with E-state index < -0.39 is 41.1 Å². The Labute approximate surface area is 322 Å². The van der Waals surface area contributed by atoms with Crippen molar-refractivity contribution in [3.8, 4) is 34.3 Å². The van der Waals surface area contributed by atoms with E-state index in [2.05, 4.69) is 19.8 Å². The van der Waals surface area contributed by atoms with Crippen molar-refractivity contribution in [2.45, 2.75) is 36.3 Å². The minimum absolute atomic E-state index is 0.0524. The van der Waals surface area contributed by atoms with Gasteiger partial charge in [-0.1, -0.05) is 29.8 Å². The molecule has 16 heteroatoms. The molecule has 3 aliphatic rings. The highest BCUT2D eigenvalue weighted by molar-refractivity contribution is 7.90. The smallest absolute Gasteiger partial charge is 0.301 e. The quantitative estimate of drug-likeness (QED) is 0.228.